The summed E-state index contributed by atoms with van der Waals surface area (Å²) in [5.74, 6) is 0.0740. The molecule has 2 aliphatic rings. The zero-order valence-corrected chi connectivity index (χ0v) is 19.5. The molecule has 0 bridgehead atoms. The van der Waals surface area contributed by atoms with Crippen LogP contribution in [0, 0.1) is 0 Å². The number of hydrogen-bond donors (Lipinski definition) is 0. The average Bonchev–Trinajstić information content (AvgIpc) is 3.29. The summed E-state index contributed by atoms with van der Waals surface area (Å²) in [6, 6.07) is 2.22. The highest BCUT2D eigenvalue weighted by Gasteiger charge is 2.44. The first kappa shape index (κ1) is 22.8. The Morgan fingerprint density at radius 2 is 2.23 bits per heavy atom. The minimum atomic E-state index is -3.02. The summed E-state index contributed by atoms with van der Waals surface area (Å²) in [6.45, 7) is 4.76. The average molecular weight is 474 g/mol. The highest BCUT2D eigenvalue weighted by Crippen LogP contribution is 2.46. The summed E-state index contributed by atoms with van der Waals surface area (Å²) >= 11 is 1.52. The summed E-state index contributed by atoms with van der Waals surface area (Å²) in [4.78, 5) is 4.34. The molecule has 1 spiro atoms. The Balaban J connectivity index is 1.42. The van der Waals surface area contributed by atoms with Gasteiger partial charge in [0.25, 0.3) is 0 Å². The molecular formula is C21H29F2N3O3S2. The predicted molar refractivity (Wildman–Crippen MR) is 116 cm³/mol. The normalized spacial score (nSPS) is 24.7. The van der Waals surface area contributed by atoms with Gasteiger partial charge in [-0.05, 0) is 31.4 Å². The number of nitrogens with zero attached hydrogens (tertiary/aromatic N) is 3. The van der Waals surface area contributed by atoms with Gasteiger partial charge in [0.05, 0.1) is 30.7 Å². The Kier molecular flexibility index (Phi) is 6.54. The SMILES string of the molecule is C[C@H]1C[C@@]2(CCN1Cc1cnn(CCS(C)(=O)=O)c1)OCCc1sc(CC(F)F)cc12. The molecule has 2 atom stereocenters. The van der Waals surface area contributed by atoms with Crippen LogP contribution in [-0.2, 0) is 46.1 Å². The molecule has 10 heteroatoms. The van der Waals surface area contributed by atoms with Crippen molar-refractivity contribution >= 4 is 21.2 Å². The molecule has 0 unspecified atom stereocenters. The first-order valence-corrected chi connectivity index (χ1v) is 13.5. The molecule has 31 heavy (non-hydrogen) atoms. The largest absolute Gasteiger partial charge is 0.370 e. The van der Waals surface area contributed by atoms with Crippen molar-refractivity contribution in [3.05, 3.63) is 39.3 Å². The number of aryl methyl sites for hydroxylation is 1. The second-order valence-corrected chi connectivity index (χ2v) is 12.2. The molecule has 0 N–H and O–H groups in total. The summed E-state index contributed by atoms with van der Waals surface area (Å²) in [5.41, 5.74) is 1.80. The molecule has 1 fully saturated rings. The number of piperidine rings is 1. The van der Waals surface area contributed by atoms with Crippen LogP contribution >= 0.6 is 11.3 Å². The lowest BCUT2D eigenvalue weighted by Gasteiger charge is -2.47. The maximum Gasteiger partial charge on any atom is 0.243 e. The molecule has 172 valence electrons. The minimum absolute atomic E-state index is 0.0740. The van der Waals surface area contributed by atoms with Gasteiger partial charge < -0.3 is 4.74 Å². The van der Waals surface area contributed by atoms with Crippen LogP contribution < -0.4 is 0 Å². The minimum Gasteiger partial charge on any atom is -0.370 e. The topological polar surface area (TPSA) is 64.4 Å². The van der Waals surface area contributed by atoms with E-state index >= 15 is 0 Å². The van der Waals surface area contributed by atoms with Crippen LogP contribution in [0.15, 0.2) is 18.5 Å². The molecule has 6 nitrogen and oxygen atoms in total. The third-order valence-corrected chi connectivity index (χ3v) is 8.37. The molecule has 2 aliphatic heterocycles. The summed E-state index contributed by atoms with van der Waals surface area (Å²) < 4.78 is 56.5. The van der Waals surface area contributed by atoms with Crippen molar-refractivity contribution in [2.75, 3.05) is 25.2 Å². The number of aromatic nitrogens is 2. The van der Waals surface area contributed by atoms with E-state index in [4.69, 9.17) is 4.74 Å². The lowest BCUT2D eigenvalue weighted by atomic mass is 9.79. The zero-order valence-electron chi connectivity index (χ0n) is 17.9. The Labute approximate surface area is 186 Å². The lowest BCUT2D eigenvalue weighted by molar-refractivity contribution is -0.112. The quantitative estimate of drug-likeness (QED) is 0.618. The molecule has 2 aromatic heterocycles. The van der Waals surface area contributed by atoms with Gasteiger partial charge in [0, 0.05) is 59.7 Å². The number of ether oxygens (including phenoxy) is 1. The van der Waals surface area contributed by atoms with Crippen molar-refractivity contribution in [2.45, 2.75) is 63.8 Å². The first-order chi connectivity index (χ1) is 14.6. The van der Waals surface area contributed by atoms with E-state index in [2.05, 4.69) is 16.9 Å². The number of rotatable bonds is 7. The van der Waals surface area contributed by atoms with Crippen LogP contribution in [0.4, 0.5) is 8.78 Å². The van der Waals surface area contributed by atoms with Gasteiger partial charge in [-0.25, -0.2) is 17.2 Å². The number of alkyl halides is 2. The third-order valence-electron chi connectivity index (χ3n) is 6.23. The van der Waals surface area contributed by atoms with Crippen LogP contribution in [0.3, 0.4) is 0 Å². The van der Waals surface area contributed by atoms with Crippen LogP contribution in [0.25, 0.3) is 0 Å². The van der Waals surface area contributed by atoms with Crippen LogP contribution in [0.1, 0.15) is 40.6 Å². The van der Waals surface area contributed by atoms with Gasteiger partial charge in [0.1, 0.15) is 9.84 Å². The highest BCUT2D eigenvalue weighted by molar-refractivity contribution is 7.90. The fraction of sp³-hybridized carbons (Fsp3) is 0.667. The Morgan fingerprint density at radius 1 is 1.42 bits per heavy atom. The number of halogens is 2. The highest BCUT2D eigenvalue weighted by atomic mass is 32.2. The molecule has 0 saturated carbocycles. The van der Waals surface area contributed by atoms with Crippen LogP contribution in [0.5, 0.6) is 0 Å². The van der Waals surface area contributed by atoms with E-state index in [-0.39, 0.29) is 23.8 Å². The standard InChI is InChI=1S/C21H29F2N3O3S2/c1-15-11-21(18-9-17(10-20(22)23)30-19(18)3-7-29-21)4-5-25(15)13-16-12-24-26(14-16)6-8-31(2,27)28/h9,12,14-15,20H,3-8,10-11,13H2,1-2H3/t15-,21+/m0/s1. The van der Waals surface area contributed by atoms with Crippen molar-refractivity contribution < 1.29 is 21.9 Å². The van der Waals surface area contributed by atoms with Gasteiger partial charge in [-0.2, -0.15) is 5.10 Å². The van der Waals surface area contributed by atoms with E-state index < -0.39 is 16.3 Å². The fourth-order valence-electron chi connectivity index (χ4n) is 4.69. The number of hydrogen-bond acceptors (Lipinski definition) is 6. The van der Waals surface area contributed by atoms with Gasteiger partial charge in [-0.1, -0.05) is 0 Å². The van der Waals surface area contributed by atoms with Crippen molar-refractivity contribution in [2.24, 2.45) is 0 Å². The van der Waals surface area contributed by atoms with Gasteiger partial charge in [-0.15, -0.1) is 11.3 Å². The van der Waals surface area contributed by atoms with Crippen molar-refractivity contribution in [3.63, 3.8) is 0 Å². The maximum atomic E-state index is 12.9. The van der Waals surface area contributed by atoms with Crippen molar-refractivity contribution in [1.82, 2.24) is 14.7 Å². The molecule has 4 heterocycles. The second-order valence-electron chi connectivity index (χ2n) is 8.75. The molecule has 4 rings (SSSR count). The van der Waals surface area contributed by atoms with E-state index in [1.54, 1.807) is 10.9 Å². The summed E-state index contributed by atoms with van der Waals surface area (Å²) in [5, 5.41) is 4.29. The molecule has 2 aromatic rings. The third kappa shape index (κ3) is 5.35. The number of fused-ring (bicyclic) bond motifs is 2. The number of thiophene rings is 1. The summed E-state index contributed by atoms with van der Waals surface area (Å²) in [7, 11) is -3.02. The molecule has 0 radical (unpaired) electrons. The number of sulfone groups is 1. The van der Waals surface area contributed by atoms with Gasteiger partial charge >= 0.3 is 0 Å². The van der Waals surface area contributed by atoms with Gasteiger partial charge in [-0.3, -0.25) is 9.58 Å². The molecule has 0 amide bonds. The van der Waals surface area contributed by atoms with Gasteiger partial charge in [0.15, 0.2) is 0 Å². The van der Waals surface area contributed by atoms with Crippen LogP contribution in [-0.4, -0.2) is 60.7 Å². The molecule has 0 aromatic carbocycles. The fourth-order valence-corrected chi connectivity index (χ4v) is 6.45. The van der Waals surface area contributed by atoms with E-state index in [1.165, 1.54) is 22.5 Å². The Bertz CT molecular complexity index is 1020. The lowest BCUT2D eigenvalue weighted by Crippen LogP contribution is -2.50. The number of likely N-dealkylation sites (tertiary alicyclic amines) is 1. The monoisotopic (exact) mass is 473 g/mol. The van der Waals surface area contributed by atoms with Crippen molar-refractivity contribution in [1.29, 1.82) is 0 Å². The molecular weight excluding hydrogens is 444 g/mol. The summed E-state index contributed by atoms with van der Waals surface area (Å²) in [6.07, 6.45) is 4.89. The van der Waals surface area contributed by atoms with E-state index in [0.717, 1.165) is 48.4 Å². The molecule has 1 saturated heterocycles. The smallest absolute Gasteiger partial charge is 0.243 e. The predicted octanol–water partition coefficient (Wildman–Crippen LogP) is 3.25. The zero-order chi connectivity index (χ0) is 22.2. The Morgan fingerprint density at radius 3 is 2.94 bits per heavy atom. The van der Waals surface area contributed by atoms with Crippen LogP contribution in [0.2, 0.25) is 0 Å². The maximum absolute atomic E-state index is 12.9. The van der Waals surface area contributed by atoms with E-state index in [9.17, 15) is 17.2 Å². The molecule has 0 aliphatic carbocycles. The van der Waals surface area contributed by atoms with E-state index in [1.807, 2.05) is 12.3 Å². The Hall–Kier alpha value is -1.36. The van der Waals surface area contributed by atoms with Crippen molar-refractivity contribution in [3.8, 4) is 0 Å². The van der Waals surface area contributed by atoms with Gasteiger partial charge in [0.2, 0.25) is 6.43 Å². The van der Waals surface area contributed by atoms with E-state index in [0.29, 0.717) is 13.2 Å². The second kappa shape index (κ2) is 8.88. The first-order valence-electron chi connectivity index (χ1n) is 10.6.